The molecule has 12 heavy (non-hydrogen) atoms. The molecule has 0 saturated carbocycles. The molecule has 0 aliphatic heterocycles. The Labute approximate surface area is 79.0 Å². The smallest absolute Gasteiger partial charge is 0.167 e. The van der Waals surface area contributed by atoms with Crippen molar-refractivity contribution in [3.05, 3.63) is 28.2 Å². The summed E-state index contributed by atoms with van der Waals surface area (Å²) in [5.41, 5.74) is 0.914. The molecule has 0 atom stereocenters. The minimum absolute atomic E-state index is 0.701. The normalized spacial score (nSPS) is 10.0. The van der Waals surface area contributed by atoms with Gasteiger partial charge in [-0.2, -0.15) is 0 Å². The van der Waals surface area contributed by atoms with Crippen LogP contribution in [0.5, 0.6) is 0 Å². The van der Waals surface area contributed by atoms with E-state index in [-0.39, 0.29) is 0 Å². The number of hydrogen-bond donors (Lipinski definition) is 0. The van der Waals surface area contributed by atoms with Crippen molar-refractivity contribution in [1.82, 2.24) is 4.98 Å². The molecule has 1 aromatic carbocycles. The molecule has 0 unspecified atom stereocenters. The van der Waals surface area contributed by atoms with Gasteiger partial charge in [0.05, 0.1) is 10.2 Å². The predicted molar refractivity (Wildman–Crippen MR) is 52.6 cm³/mol. The van der Waals surface area contributed by atoms with E-state index in [0.29, 0.717) is 5.01 Å². The molecule has 1 nitrogen and oxygen atoms in total. The van der Waals surface area contributed by atoms with Crippen LogP contribution in [0.3, 0.4) is 0 Å². The zero-order chi connectivity index (χ0) is 8.55. The Morgan fingerprint density at radius 2 is 2.33 bits per heavy atom. The molecule has 3 heteroatoms. The Bertz CT molecular complexity index is 467. The molecule has 0 fully saturated rings. The van der Waals surface area contributed by atoms with Gasteiger partial charge in [-0.3, -0.25) is 0 Å². The van der Waals surface area contributed by atoms with Crippen molar-refractivity contribution in [1.29, 1.82) is 0 Å². The minimum Gasteiger partial charge on any atom is -0.228 e. The molecule has 1 heterocycles. The van der Waals surface area contributed by atoms with Crippen LogP contribution in [0, 0.1) is 12.3 Å². The lowest BCUT2D eigenvalue weighted by atomic mass is 10.3. The molecule has 0 saturated heterocycles. The number of hydrogen-bond acceptors (Lipinski definition) is 2. The highest BCUT2D eigenvalue weighted by Crippen LogP contribution is 2.24. The summed E-state index contributed by atoms with van der Waals surface area (Å²) < 4.78 is 1.04. The first-order chi connectivity index (χ1) is 5.79. The van der Waals surface area contributed by atoms with E-state index in [4.69, 9.17) is 18.0 Å². The minimum atomic E-state index is 0.701. The van der Waals surface area contributed by atoms with Gasteiger partial charge in [0.25, 0.3) is 0 Å². The van der Waals surface area contributed by atoms with E-state index in [0.717, 1.165) is 15.2 Å². The molecular formula is C9H4ClNS. The fourth-order valence-electron chi connectivity index (χ4n) is 0.960. The first kappa shape index (κ1) is 7.60. The lowest BCUT2D eigenvalue weighted by Crippen LogP contribution is -1.68. The van der Waals surface area contributed by atoms with Gasteiger partial charge >= 0.3 is 0 Å². The van der Waals surface area contributed by atoms with Crippen LogP contribution in [-0.2, 0) is 0 Å². The quantitative estimate of drug-likeness (QED) is 0.587. The van der Waals surface area contributed by atoms with E-state index in [1.54, 1.807) is 0 Å². The molecular weight excluding hydrogens is 190 g/mol. The maximum Gasteiger partial charge on any atom is 0.167 e. The van der Waals surface area contributed by atoms with Crippen molar-refractivity contribution in [3.8, 4) is 12.3 Å². The summed E-state index contributed by atoms with van der Waals surface area (Å²) in [4.78, 5) is 4.20. The summed E-state index contributed by atoms with van der Waals surface area (Å²) in [5, 5.41) is 1.42. The van der Waals surface area contributed by atoms with Crippen molar-refractivity contribution < 1.29 is 0 Å². The first-order valence-electron chi connectivity index (χ1n) is 3.32. The van der Waals surface area contributed by atoms with Gasteiger partial charge < -0.3 is 0 Å². The summed E-state index contributed by atoms with van der Waals surface area (Å²) in [5.74, 6) is 2.50. The Morgan fingerprint density at radius 3 is 3.08 bits per heavy atom. The van der Waals surface area contributed by atoms with Crippen LogP contribution in [0.4, 0.5) is 0 Å². The van der Waals surface area contributed by atoms with E-state index in [1.165, 1.54) is 11.3 Å². The van der Waals surface area contributed by atoms with Gasteiger partial charge in [0.15, 0.2) is 5.01 Å². The molecule has 1 aromatic heterocycles. The largest absolute Gasteiger partial charge is 0.228 e. The van der Waals surface area contributed by atoms with E-state index < -0.39 is 0 Å². The lowest BCUT2D eigenvalue weighted by molar-refractivity contribution is 1.46. The second-order valence-electron chi connectivity index (χ2n) is 2.28. The van der Waals surface area contributed by atoms with Gasteiger partial charge in [-0.25, -0.2) is 4.98 Å². The topological polar surface area (TPSA) is 12.9 Å². The molecule has 0 amide bonds. The number of terminal acetylenes is 1. The number of thiazole rings is 1. The van der Waals surface area contributed by atoms with Crippen LogP contribution in [0.2, 0.25) is 5.02 Å². The maximum absolute atomic E-state index is 5.80. The number of aromatic nitrogens is 1. The van der Waals surface area contributed by atoms with Crippen molar-refractivity contribution in [2.24, 2.45) is 0 Å². The molecule has 0 aliphatic carbocycles. The van der Waals surface area contributed by atoms with Gasteiger partial charge in [-0.05, 0) is 24.1 Å². The second-order valence-corrected chi connectivity index (χ2v) is 3.74. The first-order valence-corrected chi connectivity index (χ1v) is 4.52. The van der Waals surface area contributed by atoms with E-state index in [9.17, 15) is 0 Å². The van der Waals surface area contributed by atoms with Crippen LogP contribution in [0.15, 0.2) is 18.2 Å². The molecule has 58 valence electrons. The van der Waals surface area contributed by atoms with Crippen molar-refractivity contribution in [2.45, 2.75) is 0 Å². The average molecular weight is 194 g/mol. The van der Waals surface area contributed by atoms with Crippen LogP contribution < -0.4 is 0 Å². The Morgan fingerprint density at radius 1 is 1.50 bits per heavy atom. The maximum atomic E-state index is 5.80. The number of rotatable bonds is 0. The van der Waals surface area contributed by atoms with Gasteiger partial charge in [-0.1, -0.05) is 11.6 Å². The highest BCUT2D eigenvalue weighted by Gasteiger charge is 2.00. The average Bonchev–Trinajstić information content (AvgIpc) is 2.46. The zero-order valence-corrected chi connectivity index (χ0v) is 7.62. The SMILES string of the molecule is C#Cc1nc2ccc(Cl)cc2s1. The predicted octanol–water partition coefficient (Wildman–Crippen LogP) is 2.93. The third kappa shape index (κ3) is 1.18. The number of fused-ring (bicyclic) bond motifs is 1. The molecule has 0 N–H and O–H groups in total. The summed E-state index contributed by atoms with van der Waals surface area (Å²) in [7, 11) is 0. The zero-order valence-electron chi connectivity index (χ0n) is 6.04. The molecule has 0 radical (unpaired) electrons. The number of benzene rings is 1. The molecule has 2 rings (SSSR count). The molecule has 0 aliphatic rings. The van der Waals surface area contributed by atoms with E-state index in [2.05, 4.69) is 10.9 Å². The summed E-state index contributed by atoms with van der Waals surface area (Å²) in [6.45, 7) is 0. The summed E-state index contributed by atoms with van der Waals surface area (Å²) in [6.07, 6.45) is 5.22. The standard InChI is InChI=1S/C9H4ClNS/c1-2-9-11-7-4-3-6(10)5-8(7)12-9/h1,3-5H. The van der Waals surface area contributed by atoms with Crippen molar-refractivity contribution >= 4 is 33.2 Å². The molecule has 0 bridgehead atoms. The Balaban J connectivity index is 2.77. The number of halogens is 1. The van der Waals surface area contributed by atoms with E-state index >= 15 is 0 Å². The second kappa shape index (κ2) is 2.78. The van der Waals surface area contributed by atoms with Gasteiger partial charge in [-0.15, -0.1) is 17.8 Å². The third-order valence-electron chi connectivity index (χ3n) is 1.47. The highest BCUT2D eigenvalue weighted by atomic mass is 35.5. The van der Waals surface area contributed by atoms with Crippen molar-refractivity contribution in [2.75, 3.05) is 0 Å². The molecule has 0 spiro atoms. The van der Waals surface area contributed by atoms with Gasteiger partial charge in [0.1, 0.15) is 0 Å². The summed E-state index contributed by atoms with van der Waals surface area (Å²) >= 11 is 7.28. The van der Waals surface area contributed by atoms with Crippen molar-refractivity contribution in [3.63, 3.8) is 0 Å². The third-order valence-corrected chi connectivity index (χ3v) is 2.66. The van der Waals surface area contributed by atoms with Crippen LogP contribution in [0.1, 0.15) is 5.01 Å². The molecule has 2 aromatic rings. The highest BCUT2D eigenvalue weighted by molar-refractivity contribution is 7.19. The summed E-state index contributed by atoms with van der Waals surface area (Å²) in [6, 6.07) is 5.55. The Kier molecular flexibility index (Phi) is 1.76. The fraction of sp³-hybridized carbons (Fsp3) is 0. The number of nitrogens with zero attached hydrogens (tertiary/aromatic N) is 1. The monoisotopic (exact) mass is 193 g/mol. The Hall–Kier alpha value is -1.04. The van der Waals surface area contributed by atoms with Gasteiger partial charge in [0.2, 0.25) is 0 Å². The van der Waals surface area contributed by atoms with Crippen LogP contribution in [0.25, 0.3) is 10.2 Å². The fourth-order valence-corrected chi connectivity index (χ4v) is 2.01. The lowest BCUT2D eigenvalue weighted by Gasteiger charge is -1.86. The van der Waals surface area contributed by atoms with Crippen LogP contribution in [-0.4, -0.2) is 4.98 Å². The van der Waals surface area contributed by atoms with E-state index in [1.807, 2.05) is 18.2 Å². The van der Waals surface area contributed by atoms with Crippen LogP contribution >= 0.6 is 22.9 Å². The van der Waals surface area contributed by atoms with Gasteiger partial charge in [0, 0.05) is 5.02 Å².